The van der Waals surface area contributed by atoms with Crippen molar-refractivity contribution in [1.82, 2.24) is 0 Å². The number of benzene rings is 2. The molecule has 2 aliphatic carbocycles. The molecule has 0 N–H and O–H groups in total. The summed E-state index contributed by atoms with van der Waals surface area (Å²) in [6, 6.07) is 15.9. The number of hydrogen-bond acceptors (Lipinski definition) is 1. The van der Waals surface area contributed by atoms with Crippen LogP contribution < -0.4 is 10.0 Å². The second-order valence-electron chi connectivity index (χ2n) is 9.89. The van der Waals surface area contributed by atoms with Gasteiger partial charge in [0, 0.05) is 16.5 Å². The van der Waals surface area contributed by atoms with Crippen LogP contribution in [-0.2, 0) is 5.41 Å². The van der Waals surface area contributed by atoms with Gasteiger partial charge in [0.2, 0.25) is 0 Å². The highest BCUT2D eigenvalue weighted by Crippen LogP contribution is 2.56. The topological polar surface area (TPSA) is 9.23 Å². The second-order valence-corrected chi connectivity index (χ2v) is 12.7. The lowest BCUT2D eigenvalue weighted by Gasteiger charge is -2.40. The second kappa shape index (κ2) is 8.07. The summed E-state index contributed by atoms with van der Waals surface area (Å²) in [5.41, 5.74) is 4.61. The predicted octanol–water partition coefficient (Wildman–Crippen LogP) is 7.89. The van der Waals surface area contributed by atoms with Crippen LogP contribution in [0.3, 0.4) is 0 Å². The lowest BCUT2D eigenvalue weighted by Crippen LogP contribution is -2.29. The molecule has 2 fully saturated rings. The fraction of sp³-hybridized carbons (Fsp3) is 0.556. The Hall–Kier alpha value is -1.33. The molecule has 0 radical (unpaired) electrons. The maximum absolute atomic E-state index is 6.35. The average molecular weight is 407 g/mol. The van der Waals surface area contributed by atoms with E-state index < -0.39 is 0 Å². The summed E-state index contributed by atoms with van der Waals surface area (Å²) in [4.78, 5) is 0. The first-order valence-electron chi connectivity index (χ1n) is 11.8. The van der Waals surface area contributed by atoms with E-state index in [-0.39, 0.29) is 13.3 Å². The smallest absolute Gasteiger partial charge is 0.131 e. The summed E-state index contributed by atoms with van der Waals surface area (Å²) < 4.78 is 6.35. The van der Waals surface area contributed by atoms with Crippen molar-refractivity contribution in [3.8, 4) is 11.5 Å². The van der Waals surface area contributed by atoms with Crippen LogP contribution >= 0.6 is 7.92 Å². The predicted molar refractivity (Wildman–Crippen MR) is 125 cm³/mol. The molecule has 2 aromatic carbocycles. The van der Waals surface area contributed by atoms with Gasteiger partial charge in [-0.05, 0) is 60.5 Å². The molecule has 2 saturated carbocycles. The number of hydrogen-bond donors (Lipinski definition) is 0. The van der Waals surface area contributed by atoms with Crippen LogP contribution in [0.5, 0.6) is 11.5 Å². The summed E-state index contributed by atoms with van der Waals surface area (Å²) in [6.45, 7) is 4.75. The highest BCUT2D eigenvalue weighted by atomic mass is 31.1. The van der Waals surface area contributed by atoms with Gasteiger partial charge in [0.25, 0.3) is 0 Å². The average Bonchev–Trinajstić information content (AvgIpc) is 2.76. The molecule has 0 aromatic heterocycles. The van der Waals surface area contributed by atoms with Crippen molar-refractivity contribution in [3.05, 3.63) is 53.6 Å². The molecule has 0 amide bonds. The molecule has 29 heavy (non-hydrogen) atoms. The van der Waals surface area contributed by atoms with Gasteiger partial charge in [0.1, 0.15) is 11.5 Å². The first-order valence-corrected chi connectivity index (χ1v) is 13.3. The molecule has 3 aliphatic rings. The van der Waals surface area contributed by atoms with Gasteiger partial charge >= 0.3 is 0 Å². The van der Waals surface area contributed by atoms with E-state index in [1.165, 1.54) is 75.3 Å². The van der Waals surface area contributed by atoms with E-state index in [0.29, 0.717) is 0 Å². The number of rotatable bonds is 3. The van der Waals surface area contributed by atoms with E-state index in [4.69, 9.17) is 4.74 Å². The fourth-order valence-corrected chi connectivity index (χ4v) is 9.84. The molecule has 1 nitrogen and oxygen atoms in total. The van der Waals surface area contributed by atoms with Crippen molar-refractivity contribution < 1.29 is 4.74 Å². The highest BCUT2D eigenvalue weighted by molar-refractivity contribution is 7.67. The number of para-hydroxylation sites is 1. The van der Waals surface area contributed by atoms with E-state index in [2.05, 4.69) is 56.3 Å². The highest BCUT2D eigenvalue weighted by Gasteiger charge is 2.37. The minimum atomic E-state index is -0.0716. The monoisotopic (exact) mass is 406 g/mol. The SMILES string of the molecule is CC1(C)c2ccccc2Oc2ccc(P(C3CCCCC3)C3CCCCC3)cc21. The quantitative estimate of drug-likeness (QED) is 0.471. The zero-order chi connectivity index (χ0) is 19.8. The number of fused-ring (bicyclic) bond motifs is 2. The van der Waals surface area contributed by atoms with Gasteiger partial charge in [-0.3, -0.25) is 0 Å². The third kappa shape index (κ3) is 3.65. The van der Waals surface area contributed by atoms with Crippen molar-refractivity contribution in [3.63, 3.8) is 0 Å². The molecular formula is C27H35OP. The Morgan fingerprint density at radius 3 is 1.97 bits per heavy atom. The lowest BCUT2D eigenvalue weighted by atomic mass is 9.76. The molecule has 1 heterocycles. The molecule has 0 unspecified atom stereocenters. The van der Waals surface area contributed by atoms with Gasteiger partial charge in [-0.15, -0.1) is 0 Å². The zero-order valence-corrected chi connectivity index (χ0v) is 19.0. The summed E-state index contributed by atoms with van der Waals surface area (Å²) in [7, 11) is -0.0716. The summed E-state index contributed by atoms with van der Waals surface area (Å²) in [5, 5.41) is 1.66. The van der Waals surface area contributed by atoms with Gasteiger partial charge in [-0.2, -0.15) is 0 Å². The minimum absolute atomic E-state index is 0.000317. The zero-order valence-electron chi connectivity index (χ0n) is 18.1. The Balaban J connectivity index is 1.54. The molecule has 0 spiro atoms. The molecule has 0 bridgehead atoms. The third-order valence-corrected chi connectivity index (χ3v) is 11.1. The molecule has 0 atom stereocenters. The Labute approximate surface area is 178 Å². The van der Waals surface area contributed by atoms with Crippen LogP contribution in [0, 0.1) is 0 Å². The van der Waals surface area contributed by atoms with Gasteiger partial charge in [-0.25, -0.2) is 0 Å². The Morgan fingerprint density at radius 1 is 0.724 bits per heavy atom. The van der Waals surface area contributed by atoms with E-state index >= 15 is 0 Å². The normalized spacial score (nSPS) is 22.0. The fourth-order valence-electron chi connectivity index (χ4n) is 6.03. The van der Waals surface area contributed by atoms with E-state index in [1.54, 1.807) is 5.30 Å². The molecule has 154 valence electrons. The van der Waals surface area contributed by atoms with Crippen LogP contribution in [0.4, 0.5) is 0 Å². The molecule has 2 aromatic rings. The van der Waals surface area contributed by atoms with E-state index in [9.17, 15) is 0 Å². The van der Waals surface area contributed by atoms with E-state index in [0.717, 1.165) is 22.8 Å². The number of ether oxygens (including phenoxy) is 1. The molecule has 2 heteroatoms. The maximum atomic E-state index is 6.35. The lowest BCUT2D eigenvalue weighted by molar-refractivity contribution is 0.418. The van der Waals surface area contributed by atoms with Crippen LogP contribution in [0.1, 0.15) is 89.2 Å². The van der Waals surface area contributed by atoms with Crippen LogP contribution in [0.15, 0.2) is 42.5 Å². The van der Waals surface area contributed by atoms with Crippen LogP contribution in [0.2, 0.25) is 0 Å². The summed E-state index contributed by atoms with van der Waals surface area (Å²) in [5.74, 6) is 2.10. The summed E-state index contributed by atoms with van der Waals surface area (Å²) >= 11 is 0. The van der Waals surface area contributed by atoms with Crippen molar-refractivity contribution in [1.29, 1.82) is 0 Å². The van der Waals surface area contributed by atoms with Gasteiger partial charge < -0.3 is 4.74 Å². The van der Waals surface area contributed by atoms with Gasteiger partial charge in [-0.1, -0.05) is 84.6 Å². The van der Waals surface area contributed by atoms with Crippen LogP contribution in [0.25, 0.3) is 0 Å². The third-order valence-electron chi connectivity index (χ3n) is 7.65. The first-order chi connectivity index (χ1) is 14.1. The first kappa shape index (κ1) is 19.6. The Kier molecular flexibility index (Phi) is 5.46. The maximum Gasteiger partial charge on any atom is 0.131 e. The Bertz CT molecular complexity index is 841. The molecular weight excluding hydrogens is 371 g/mol. The van der Waals surface area contributed by atoms with Crippen molar-refractivity contribution in [2.45, 2.75) is 94.8 Å². The minimum Gasteiger partial charge on any atom is -0.457 e. The standard InChI is InChI=1S/C27H35OP/c1-27(2)23-15-9-10-16-25(23)28-26-18-17-22(19-24(26)27)29(20-11-5-3-6-12-20)21-13-7-4-8-14-21/h9-10,15-21H,3-8,11-14H2,1-2H3. The Morgan fingerprint density at radius 2 is 1.31 bits per heavy atom. The molecule has 5 rings (SSSR count). The molecule has 0 saturated heterocycles. The van der Waals surface area contributed by atoms with Gasteiger partial charge in [0.15, 0.2) is 0 Å². The van der Waals surface area contributed by atoms with Crippen molar-refractivity contribution >= 4 is 13.2 Å². The largest absolute Gasteiger partial charge is 0.457 e. The van der Waals surface area contributed by atoms with Crippen LogP contribution in [-0.4, -0.2) is 11.3 Å². The molecule has 1 aliphatic heterocycles. The summed E-state index contributed by atoms with van der Waals surface area (Å²) in [6.07, 6.45) is 14.5. The van der Waals surface area contributed by atoms with Crippen molar-refractivity contribution in [2.75, 3.05) is 0 Å². The van der Waals surface area contributed by atoms with Crippen molar-refractivity contribution in [2.24, 2.45) is 0 Å². The van der Waals surface area contributed by atoms with Gasteiger partial charge in [0.05, 0.1) is 0 Å². The van der Waals surface area contributed by atoms with E-state index in [1.807, 2.05) is 0 Å².